The van der Waals surface area contributed by atoms with Gasteiger partial charge in [-0.1, -0.05) is 24.3 Å². The Morgan fingerprint density at radius 2 is 2.00 bits per heavy atom. The van der Waals surface area contributed by atoms with Crippen molar-refractivity contribution in [2.45, 2.75) is 12.5 Å². The van der Waals surface area contributed by atoms with Gasteiger partial charge in [0, 0.05) is 28.9 Å². The van der Waals surface area contributed by atoms with Gasteiger partial charge < -0.3 is 14.6 Å². The quantitative estimate of drug-likeness (QED) is 0.739. The molecule has 4 rings (SSSR count). The van der Waals surface area contributed by atoms with Crippen molar-refractivity contribution in [3.63, 3.8) is 0 Å². The third kappa shape index (κ3) is 1.91. The van der Waals surface area contributed by atoms with Gasteiger partial charge in [-0.05, 0) is 31.2 Å². The van der Waals surface area contributed by atoms with Crippen LogP contribution in [0.5, 0.6) is 0 Å². The van der Waals surface area contributed by atoms with Crippen molar-refractivity contribution in [2.75, 3.05) is 20.2 Å². The molecule has 1 aliphatic heterocycles. The number of aromatic nitrogens is 1. The monoisotopic (exact) mass is 294 g/mol. The van der Waals surface area contributed by atoms with Gasteiger partial charge in [0.1, 0.15) is 0 Å². The fourth-order valence-corrected chi connectivity index (χ4v) is 3.50. The van der Waals surface area contributed by atoms with E-state index >= 15 is 0 Å². The normalized spacial score (nSPS) is 18.1. The molecule has 22 heavy (non-hydrogen) atoms. The smallest absolute Gasteiger partial charge is 0.337 e. The van der Waals surface area contributed by atoms with Crippen LogP contribution in [0.25, 0.3) is 21.8 Å². The number of nitrogens with zero attached hydrogens (tertiary/aromatic N) is 1. The van der Waals surface area contributed by atoms with E-state index in [1.807, 2.05) is 18.2 Å². The molecule has 2 aromatic carbocycles. The van der Waals surface area contributed by atoms with E-state index in [1.54, 1.807) is 0 Å². The number of para-hydroxylation sites is 1. The molecule has 1 aromatic heterocycles. The lowest BCUT2D eigenvalue weighted by Gasteiger charge is -2.15. The Balaban J connectivity index is 2.04. The third-order valence-electron chi connectivity index (χ3n) is 4.53. The lowest BCUT2D eigenvalue weighted by atomic mass is 10.1. The van der Waals surface area contributed by atoms with E-state index in [0.29, 0.717) is 11.6 Å². The number of hydrogen-bond acceptors (Lipinski definition) is 3. The number of rotatable bonds is 2. The topological polar surface area (TPSA) is 43.3 Å². The maximum Gasteiger partial charge on any atom is 0.337 e. The van der Waals surface area contributed by atoms with Crippen LogP contribution in [-0.4, -0.2) is 30.7 Å². The summed E-state index contributed by atoms with van der Waals surface area (Å²) >= 11 is 0. The van der Waals surface area contributed by atoms with E-state index in [0.717, 1.165) is 25.0 Å². The maximum absolute atomic E-state index is 11.9. The van der Waals surface area contributed by atoms with Crippen LogP contribution in [0.15, 0.2) is 42.5 Å². The zero-order valence-electron chi connectivity index (χ0n) is 12.5. The molecule has 0 bridgehead atoms. The molecule has 4 heteroatoms. The minimum Gasteiger partial charge on any atom is -0.465 e. The van der Waals surface area contributed by atoms with Gasteiger partial charge in [-0.25, -0.2) is 4.79 Å². The highest BCUT2D eigenvalue weighted by atomic mass is 16.5. The first kappa shape index (κ1) is 13.3. The predicted molar refractivity (Wildman–Crippen MR) is 87.3 cm³/mol. The molecule has 1 fully saturated rings. The molecule has 0 unspecified atom stereocenters. The highest BCUT2D eigenvalue weighted by Gasteiger charge is 2.22. The number of carbonyl (C=O) groups excluding carboxylic acids is 1. The first-order valence-electron chi connectivity index (χ1n) is 7.61. The summed E-state index contributed by atoms with van der Waals surface area (Å²) in [5, 5.41) is 5.85. The van der Waals surface area contributed by atoms with Crippen LogP contribution >= 0.6 is 0 Å². The molecule has 112 valence electrons. The number of esters is 1. The minimum absolute atomic E-state index is 0.289. The first-order valence-corrected chi connectivity index (χ1v) is 7.61. The molecule has 3 aromatic rings. The molecule has 0 aliphatic carbocycles. The average Bonchev–Trinajstić information content (AvgIpc) is 3.18. The van der Waals surface area contributed by atoms with Gasteiger partial charge >= 0.3 is 5.97 Å². The highest BCUT2D eigenvalue weighted by molar-refractivity contribution is 6.09. The molecule has 2 heterocycles. The first-order chi connectivity index (χ1) is 10.8. The van der Waals surface area contributed by atoms with Crippen LogP contribution in [0.2, 0.25) is 0 Å². The summed E-state index contributed by atoms with van der Waals surface area (Å²) in [6, 6.07) is 14.7. The largest absolute Gasteiger partial charge is 0.465 e. The van der Waals surface area contributed by atoms with Gasteiger partial charge in [0.15, 0.2) is 0 Å². The second kappa shape index (κ2) is 5.14. The molecule has 1 saturated heterocycles. The maximum atomic E-state index is 11.9. The second-order valence-electron chi connectivity index (χ2n) is 5.76. The lowest BCUT2D eigenvalue weighted by Crippen LogP contribution is -2.13. The molecule has 0 saturated carbocycles. The van der Waals surface area contributed by atoms with Gasteiger partial charge in [-0.2, -0.15) is 0 Å². The number of fused-ring (bicyclic) bond motifs is 3. The van der Waals surface area contributed by atoms with Gasteiger partial charge in [0.2, 0.25) is 0 Å². The average molecular weight is 294 g/mol. The fraction of sp³-hybridized carbons (Fsp3) is 0.278. The van der Waals surface area contributed by atoms with Gasteiger partial charge in [0.05, 0.1) is 18.2 Å². The van der Waals surface area contributed by atoms with Gasteiger partial charge in [-0.15, -0.1) is 0 Å². The summed E-state index contributed by atoms with van der Waals surface area (Å²) in [6.45, 7) is 2.01. The van der Waals surface area contributed by atoms with E-state index in [2.05, 4.69) is 34.1 Å². The van der Waals surface area contributed by atoms with Crippen molar-refractivity contribution in [1.82, 2.24) is 9.88 Å². The summed E-state index contributed by atoms with van der Waals surface area (Å²) < 4.78 is 7.24. The van der Waals surface area contributed by atoms with Crippen LogP contribution in [0.4, 0.5) is 0 Å². The molecule has 1 N–H and O–H groups in total. The molecule has 1 atom stereocenters. The van der Waals surface area contributed by atoms with Crippen LogP contribution < -0.4 is 5.32 Å². The van der Waals surface area contributed by atoms with Crippen molar-refractivity contribution >= 4 is 27.8 Å². The molecule has 0 radical (unpaired) electrons. The summed E-state index contributed by atoms with van der Waals surface area (Å²) in [4.78, 5) is 11.9. The van der Waals surface area contributed by atoms with Crippen LogP contribution in [0, 0.1) is 0 Å². The van der Waals surface area contributed by atoms with E-state index in [1.165, 1.54) is 23.4 Å². The number of ether oxygens (including phenoxy) is 1. The molecule has 1 aliphatic rings. The number of methoxy groups -OCH3 is 1. The van der Waals surface area contributed by atoms with Crippen molar-refractivity contribution in [2.24, 2.45) is 0 Å². The van der Waals surface area contributed by atoms with Crippen LogP contribution in [0.3, 0.4) is 0 Å². The third-order valence-corrected chi connectivity index (χ3v) is 4.53. The minimum atomic E-state index is -0.289. The summed E-state index contributed by atoms with van der Waals surface area (Å²) in [5.41, 5.74) is 2.94. The zero-order chi connectivity index (χ0) is 15.1. The van der Waals surface area contributed by atoms with Crippen LogP contribution in [0.1, 0.15) is 22.8 Å². The number of carbonyl (C=O) groups is 1. The Morgan fingerprint density at radius 3 is 2.77 bits per heavy atom. The highest BCUT2D eigenvalue weighted by Crippen LogP contribution is 2.34. The fourth-order valence-electron chi connectivity index (χ4n) is 3.50. The zero-order valence-corrected chi connectivity index (χ0v) is 12.5. The van der Waals surface area contributed by atoms with Crippen molar-refractivity contribution in [1.29, 1.82) is 0 Å². The Morgan fingerprint density at radius 1 is 1.18 bits per heavy atom. The van der Waals surface area contributed by atoms with Crippen LogP contribution in [-0.2, 0) is 4.74 Å². The Kier molecular flexibility index (Phi) is 3.12. The van der Waals surface area contributed by atoms with E-state index in [4.69, 9.17) is 4.74 Å². The second-order valence-corrected chi connectivity index (χ2v) is 5.76. The number of benzene rings is 2. The molecule has 0 spiro atoms. The lowest BCUT2D eigenvalue weighted by molar-refractivity contribution is 0.0601. The van der Waals surface area contributed by atoms with E-state index in [9.17, 15) is 4.79 Å². The predicted octanol–water partition coefficient (Wildman–Crippen LogP) is 3.12. The van der Waals surface area contributed by atoms with Gasteiger partial charge in [-0.3, -0.25) is 0 Å². The van der Waals surface area contributed by atoms with E-state index in [-0.39, 0.29) is 5.97 Å². The number of nitrogens with one attached hydrogen (secondary N) is 1. The summed E-state index contributed by atoms with van der Waals surface area (Å²) in [6.07, 6.45) is 1.11. The van der Waals surface area contributed by atoms with Crippen molar-refractivity contribution in [3.8, 4) is 0 Å². The van der Waals surface area contributed by atoms with Gasteiger partial charge in [0.25, 0.3) is 0 Å². The summed E-state index contributed by atoms with van der Waals surface area (Å²) in [7, 11) is 1.42. The molecule has 0 amide bonds. The van der Waals surface area contributed by atoms with Crippen molar-refractivity contribution in [3.05, 3.63) is 48.0 Å². The Labute approximate surface area is 128 Å². The molecule has 4 nitrogen and oxygen atoms in total. The summed E-state index contributed by atoms with van der Waals surface area (Å²) in [5.74, 6) is -0.289. The standard InChI is InChI=1S/C18H18N2O2/c1-22-18(21)12-6-7-15-14-4-2-3-5-16(14)20(17(15)10-12)13-8-9-19-11-13/h2-7,10,13,19H,8-9,11H2,1H3/t13-/m1/s1. The van der Waals surface area contributed by atoms with E-state index < -0.39 is 0 Å². The Hall–Kier alpha value is -2.33. The molecular formula is C18H18N2O2. The molecular weight excluding hydrogens is 276 g/mol. The number of hydrogen-bond donors (Lipinski definition) is 1. The SMILES string of the molecule is COC(=O)c1ccc2c3ccccc3n([C@@H]3CCNC3)c2c1. The van der Waals surface area contributed by atoms with Crippen molar-refractivity contribution < 1.29 is 9.53 Å². The Bertz CT molecular complexity index is 860.